The monoisotopic (exact) mass is 163 g/mol. The molecule has 5 heteroatoms. The van der Waals surface area contributed by atoms with E-state index >= 15 is 0 Å². The van der Waals surface area contributed by atoms with Crippen LogP contribution in [0.15, 0.2) is 0 Å². The first-order chi connectivity index (χ1) is 4.77. The average molecular weight is 163 g/mol. The fraction of sp³-hybridized carbons (Fsp3) is 0.600. The number of amides is 1. The van der Waals surface area contributed by atoms with Crippen LogP contribution in [-0.2, 0) is 9.53 Å². The van der Waals surface area contributed by atoms with Crippen LogP contribution in [0.5, 0.6) is 0 Å². The van der Waals surface area contributed by atoms with Crippen LogP contribution in [0.1, 0.15) is 0 Å². The second-order valence-corrected chi connectivity index (χ2v) is 2.56. The van der Waals surface area contributed by atoms with Gasteiger partial charge in [0.2, 0.25) is 0 Å². The molecule has 0 aliphatic rings. The molecule has 0 bridgehead atoms. The molecular weight excluding hydrogens is 154 g/mol. The molecule has 10 heavy (non-hydrogen) atoms. The fourth-order valence-corrected chi connectivity index (χ4v) is 0.797. The van der Waals surface area contributed by atoms with E-state index in [1.807, 2.05) is 0 Å². The molecule has 0 rings (SSSR count). The van der Waals surface area contributed by atoms with Crippen LogP contribution in [0.25, 0.3) is 0 Å². The lowest BCUT2D eigenvalue weighted by atomic mass is 10.8. The zero-order chi connectivity index (χ0) is 7.82. The molecule has 58 valence electrons. The summed E-state index contributed by atoms with van der Waals surface area (Å²) in [6.45, 7) is 0.272. The van der Waals surface area contributed by atoms with Gasteiger partial charge in [0.05, 0.1) is 0 Å². The average Bonchev–Trinajstić information content (AvgIpc) is 1.87. The second-order valence-electron chi connectivity index (χ2n) is 1.41. The molecule has 1 amide bonds. The largest absolute Gasteiger partial charge is 0.449 e. The quantitative estimate of drug-likeness (QED) is 0.458. The number of hydrogen-bond acceptors (Lipinski definition) is 4. The first-order valence-electron chi connectivity index (χ1n) is 2.71. The van der Waals surface area contributed by atoms with Gasteiger partial charge in [-0.1, -0.05) is 0 Å². The first kappa shape index (κ1) is 9.29. The van der Waals surface area contributed by atoms with Gasteiger partial charge in [0.25, 0.3) is 0 Å². The molecule has 0 aromatic rings. The highest BCUT2D eigenvalue weighted by atomic mass is 32.2. The predicted molar refractivity (Wildman–Crippen MR) is 38.9 cm³/mol. The van der Waals surface area contributed by atoms with Crippen molar-refractivity contribution in [3.05, 3.63) is 0 Å². The maximum atomic E-state index is 9.95. The van der Waals surface area contributed by atoms with Gasteiger partial charge < -0.3 is 15.3 Å². The Labute approximate surface area is 63.1 Å². The third-order valence-electron chi connectivity index (χ3n) is 0.658. The summed E-state index contributed by atoms with van der Waals surface area (Å²) in [7, 11) is 0. The number of nitrogens with two attached hydrogens (primary N) is 1. The Morgan fingerprint density at radius 3 is 2.90 bits per heavy atom. The van der Waals surface area contributed by atoms with Gasteiger partial charge in [-0.2, -0.15) is 11.8 Å². The van der Waals surface area contributed by atoms with E-state index in [9.17, 15) is 9.59 Å². The van der Waals surface area contributed by atoms with E-state index in [0.29, 0.717) is 11.5 Å². The smallest absolute Gasteiger partial charge is 0.404 e. The Kier molecular flexibility index (Phi) is 5.96. The number of hydrogen-bond donors (Lipinski definition) is 1. The number of carbonyl (C=O) groups excluding carboxylic acids is 2. The van der Waals surface area contributed by atoms with E-state index in [-0.39, 0.29) is 6.61 Å². The minimum absolute atomic E-state index is 0.272. The van der Waals surface area contributed by atoms with Crippen LogP contribution >= 0.6 is 11.8 Å². The number of carbonyl (C=O) groups is 2. The van der Waals surface area contributed by atoms with Crippen molar-refractivity contribution in [1.82, 2.24) is 0 Å². The topological polar surface area (TPSA) is 69.4 Å². The van der Waals surface area contributed by atoms with Gasteiger partial charge in [-0.05, 0) is 0 Å². The number of ether oxygens (including phenoxy) is 1. The highest BCUT2D eigenvalue weighted by Gasteiger charge is 1.91. The van der Waals surface area contributed by atoms with Crippen molar-refractivity contribution < 1.29 is 14.3 Å². The van der Waals surface area contributed by atoms with Crippen LogP contribution in [0, 0.1) is 0 Å². The maximum Gasteiger partial charge on any atom is 0.404 e. The van der Waals surface area contributed by atoms with Crippen LogP contribution in [0.4, 0.5) is 4.79 Å². The predicted octanol–water partition coefficient (Wildman–Crippen LogP) is 0.0138. The van der Waals surface area contributed by atoms with Crippen LogP contribution in [-0.4, -0.2) is 30.5 Å². The Morgan fingerprint density at radius 1 is 1.70 bits per heavy atom. The summed E-state index contributed by atoms with van der Waals surface area (Å²) in [5.41, 5.74) is 4.67. The lowest BCUT2D eigenvalue weighted by molar-refractivity contribution is -0.105. The standard InChI is InChI=1S/C5H9NO3S/c6-5(8)9-2-4-10-3-1-7/h1H,2-4H2,(H2,6,8). The molecule has 0 aromatic carbocycles. The van der Waals surface area contributed by atoms with Crippen LogP contribution in [0.2, 0.25) is 0 Å². The van der Waals surface area contributed by atoms with Gasteiger partial charge in [0.1, 0.15) is 12.9 Å². The van der Waals surface area contributed by atoms with Crippen molar-refractivity contribution in [2.75, 3.05) is 18.1 Å². The van der Waals surface area contributed by atoms with Crippen molar-refractivity contribution in [3.63, 3.8) is 0 Å². The van der Waals surface area contributed by atoms with Crippen molar-refractivity contribution in [3.8, 4) is 0 Å². The van der Waals surface area contributed by atoms with E-state index in [0.717, 1.165) is 6.29 Å². The summed E-state index contributed by atoms with van der Waals surface area (Å²) < 4.78 is 4.39. The SMILES string of the molecule is NC(=O)OCCSCC=O. The zero-order valence-electron chi connectivity index (χ0n) is 5.41. The molecule has 0 heterocycles. The number of primary amides is 1. The van der Waals surface area contributed by atoms with E-state index in [1.165, 1.54) is 11.8 Å². The molecule has 2 N–H and O–H groups in total. The number of thioether (sulfide) groups is 1. The van der Waals surface area contributed by atoms with E-state index < -0.39 is 6.09 Å². The third-order valence-corrected chi connectivity index (χ3v) is 1.49. The highest BCUT2D eigenvalue weighted by molar-refractivity contribution is 7.99. The van der Waals surface area contributed by atoms with Gasteiger partial charge in [0, 0.05) is 11.5 Å². The molecule has 0 spiro atoms. The van der Waals surface area contributed by atoms with Gasteiger partial charge in [-0.3, -0.25) is 0 Å². The molecule has 0 saturated carbocycles. The van der Waals surface area contributed by atoms with Gasteiger partial charge in [-0.15, -0.1) is 0 Å². The minimum atomic E-state index is -0.772. The molecule has 0 aliphatic carbocycles. The highest BCUT2D eigenvalue weighted by Crippen LogP contribution is 1.95. The van der Waals surface area contributed by atoms with Crippen LogP contribution < -0.4 is 5.73 Å². The molecule has 0 radical (unpaired) electrons. The molecule has 0 aliphatic heterocycles. The van der Waals surface area contributed by atoms with Gasteiger partial charge in [0.15, 0.2) is 0 Å². The molecule has 0 atom stereocenters. The van der Waals surface area contributed by atoms with Gasteiger partial charge in [-0.25, -0.2) is 4.79 Å². The van der Waals surface area contributed by atoms with Crippen LogP contribution in [0.3, 0.4) is 0 Å². The summed E-state index contributed by atoms with van der Waals surface area (Å²) >= 11 is 1.39. The Hall–Kier alpha value is -0.710. The molecule has 4 nitrogen and oxygen atoms in total. The van der Waals surface area contributed by atoms with E-state index in [4.69, 9.17) is 0 Å². The zero-order valence-corrected chi connectivity index (χ0v) is 6.23. The number of rotatable bonds is 5. The van der Waals surface area contributed by atoms with Crippen molar-refractivity contribution in [2.45, 2.75) is 0 Å². The van der Waals surface area contributed by atoms with Crippen molar-refractivity contribution in [1.29, 1.82) is 0 Å². The molecule has 0 saturated heterocycles. The first-order valence-corrected chi connectivity index (χ1v) is 3.86. The summed E-state index contributed by atoms with van der Waals surface area (Å²) in [5.74, 6) is 1.05. The third kappa shape index (κ3) is 7.29. The van der Waals surface area contributed by atoms with Crippen molar-refractivity contribution >= 4 is 24.1 Å². The lowest BCUT2D eigenvalue weighted by Crippen LogP contribution is -2.14. The summed E-state index contributed by atoms with van der Waals surface area (Å²) in [6.07, 6.45) is 0.0290. The van der Waals surface area contributed by atoms with E-state index in [1.54, 1.807) is 0 Å². The molecular formula is C5H9NO3S. The van der Waals surface area contributed by atoms with E-state index in [2.05, 4.69) is 10.5 Å². The Morgan fingerprint density at radius 2 is 2.40 bits per heavy atom. The second kappa shape index (κ2) is 6.41. The summed E-state index contributed by atoms with van der Waals surface area (Å²) in [5, 5.41) is 0. The minimum Gasteiger partial charge on any atom is -0.449 e. The maximum absolute atomic E-state index is 9.95. The Balaban J connectivity index is 2.90. The molecule has 0 unspecified atom stereocenters. The number of aldehydes is 1. The lowest BCUT2D eigenvalue weighted by Gasteiger charge is -1.97. The van der Waals surface area contributed by atoms with Crippen molar-refractivity contribution in [2.24, 2.45) is 5.73 Å². The normalized spacial score (nSPS) is 8.80. The molecule has 0 fully saturated rings. The summed E-state index contributed by atoms with van der Waals surface area (Å²) in [4.78, 5) is 19.7. The fourth-order valence-electron chi connectivity index (χ4n) is 0.333. The van der Waals surface area contributed by atoms with Gasteiger partial charge >= 0.3 is 6.09 Å². The Bertz CT molecular complexity index is 117. The molecule has 0 aromatic heterocycles. The summed E-state index contributed by atoms with van der Waals surface area (Å²) in [6, 6.07) is 0.